The van der Waals surface area contributed by atoms with Gasteiger partial charge in [0.25, 0.3) is 23.6 Å². The summed E-state index contributed by atoms with van der Waals surface area (Å²) >= 11 is 0. The average Bonchev–Trinajstić information content (AvgIpc) is 1.47. The van der Waals surface area contributed by atoms with Crippen LogP contribution in [0.1, 0.15) is 164 Å². The Morgan fingerprint density at radius 2 is 0.756 bits per heavy atom. The molecule has 90 heavy (non-hydrogen) atoms. The Bertz CT molecular complexity index is 4450. The first-order valence-electron chi connectivity index (χ1n) is 27.7. The smallest absolute Gasteiger partial charge is 0.295 e. The van der Waals surface area contributed by atoms with Crippen LogP contribution in [0.5, 0.6) is 0 Å². The Morgan fingerprint density at radius 1 is 0.389 bits per heavy atom. The van der Waals surface area contributed by atoms with Crippen LogP contribution < -0.4 is 4.90 Å². The number of anilines is 1. The monoisotopic (exact) mass is 1230 g/mol. The van der Waals surface area contributed by atoms with Crippen molar-refractivity contribution in [3.05, 3.63) is 252 Å². The molecule has 0 saturated carbocycles. The van der Waals surface area contributed by atoms with Crippen molar-refractivity contribution < 1.29 is 82.7 Å². The second kappa shape index (κ2) is 23.0. The Morgan fingerprint density at radius 3 is 1.21 bits per heavy atom. The average molecular weight is 1230 g/mol. The van der Waals surface area contributed by atoms with Gasteiger partial charge in [0.15, 0.2) is 28.9 Å². The first-order valence-corrected chi connectivity index (χ1v) is 27.7. The second-order valence-electron chi connectivity index (χ2n) is 22.5. The van der Waals surface area contributed by atoms with Crippen molar-refractivity contribution in [3.8, 4) is 22.3 Å². The van der Waals surface area contributed by atoms with Crippen molar-refractivity contribution in [1.29, 1.82) is 0 Å². The summed E-state index contributed by atoms with van der Waals surface area (Å²) in [6.07, 6.45) is -16.0. The molecular formula is C70H49F9N2O9. The second-order valence-corrected chi connectivity index (χ2v) is 22.5. The molecule has 8 aromatic rings. The fourth-order valence-electron chi connectivity index (χ4n) is 11.5. The first kappa shape index (κ1) is 62.8. The molecule has 456 valence electrons. The summed E-state index contributed by atoms with van der Waals surface area (Å²) in [5.41, 5.74) is -6.40. The number of alkyl halides is 9. The van der Waals surface area contributed by atoms with E-state index in [0.29, 0.717) is 27.7 Å². The lowest BCUT2D eigenvalue weighted by Crippen LogP contribution is -2.41. The molecule has 0 spiro atoms. The highest BCUT2D eigenvalue weighted by molar-refractivity contribution is 6.34. The Balaban J connectivity index is 0.834. The van der Waals surface area contributed by atoms with E-state index in [0.717, 1.165) is 66.4 Å². The van der Waals surface area contributed by atoms with Gasteiger partial charge < -0.3 is 0 Å². The van der Waals surface area contributed by atoms with E-state index in [2.05, 4.69) is 0 Å². The molecule has 0 bridgehead atoms. The zero-order valence-corrected chi connectivity index (χ0v) is 48.5. The quantitative estimate of drug-likeness (QED) is 0.0521. The van der Waals surface area contributed by atoms with E-state index < -0.39 is 105 Å². The molecule has 11 nitrogen and oxygen atoms in total. The van der Waals surface area contributed by atoms with Gasteiger partial charge in [-0.15, -0.1) is 0 Å². The van der Waals surface area contributed by atoms with Crippen molar-refractivity contribution in [2.24, 2.45) is 0 Å². The molecule has 8 aromatic carbocycles. The summed E-state index contributed by atoms with van der Waals surface area (Å²) in [6.45, 7) is 6.45. The predicted molar refractivity (Wildman–Crippen MR) is 313 cm³/mol. The number of nitrogens with zero attached hydrogens (tertiary/aromatic N) is 2. The number of amides is 4. The van der Waals surface area contributed by atoms with Crippen molar-refractivity contribution in [3.63, 3.8) is 0 Å². The molecule has 2 heterocycles. The van der Waals surface area contributed by atoms with Gasteiger partial charge in [0, 0.05) is 54.1 Å². The van der Waals surface area contributed by atoms with Gasteiger partial charge in [-0.05, 0) is 163 Å². The minimum Gasteiger partial charge on any atom is -0.295 e. The largest absolute Gasteiger partial charge is 0.417 e. The molecular weight excluding hydrogens is 1180 g/mol. The number of halogens is 9. The highest BCUT2D eigenvalue weighted by atomic mass is 19.4. The SMILES string of the molecule is CC(=O)c1cc(C(C)=O)cc(C(=O)Cc2ccc(-c3ccc(CC(=O)c4cccc(C(=O)Cc5ccc(-c6ccc(N7C(=O)c8ccc(C(C)(c9ccc%10c(c9)C(=O)N(C)C%10=O)C(F)(F)F)cc8C7=O)cc6C(F)(F)F)c(C)c5)c4)cc3C(F)(F)F)c(C)c2)c1. The molecule has 20 heteroatoms. The molecule has 4 amide bonds. The summed E-state index contributed by atoms with van der Waals surface area (Å²) in [7, 11) is 1.17. The molecule has 0 saturated heterocycles. The summed E-state index contributed by atoms with van der Waals surface area (Å²) in [4.78, 5) is 119. The molecule has 2 aliphatic heterocycles. The molecule has 0 radical (unpaired) electrons. The number of fused-ring (bicyclic) bond motifs is 2. The van der Waals surface area contributed by atoms with Gasteiger partial charge in [0.1, 0.15) is 5.41 Å². The van der Waals surface area contributed by atoms with Gasteiger partial charge in [0.05, 0.1) is 39.1 Å². The number of aryl methyl sites for hydroxylation is 2. The predicted octanol–water partition coefficient (Wildman–Crippen LogP) is 15.3. The third-order valence-electron chi connectivity index (χ3n) is 16.5. The van der Waals surface area contributed by atoms with Crippen LogP contribution >= 0.6 is 0 Å². The zero-order valence-electron chi connectivity index (χ0n) is 48.5. The van der Waals surface area contributed by atoms with Crippen LogP contribution in [-0.4, -0.2) is 70.7 Å². The molecule has 2 aliphatic rings. The fourth-order valence-corrected chi connectivity index (χ4v) is 11.5. The van der Waals surface area contributed by atoms with Gasteiger partial charge >= 0.3 is 18.5 Å². The Hall–Kier alpha value is -10.2. The van der Waals surface area contributed by atoms with E-state index in [-0.39, 0.29) is 102 Å². The lowest BCUT2D eigenvalue weighted by Gasteiger charge is -2.33. The van der Waals surface area contributed by atoms with Gasteiger partial charge in [-0.3, -0.25) is 48.1 Å². The summed E-state index contributed by atoms with van der Waals surface area (Å²) in [6, 6.07) is 30.4. The van der Waals surface area contributed by atoms with Gasteiger partial charge in [-0.25, -0.2) is 4.90 Å². The zero-order chi connectivity index (χ0) is 65.4. The Kier molecular flexibility index (Phi) is 16.1. The van der Waals surface area contributed by atoms with Gasteiger partial charge in [0.2, 0.25) is 0 Å². The summed E-state index contributed by atoms with van der Waals surface area (Å²) in [5, 5.41) is 0. The third kappa shape index (κ3) is 11.6. The van der Waals surface area contributed by atoms with Crippen LogP contribution in [0.2, 0.25) is 0 Å². The minimum absolute atomic E-state index is 0.00845. The number of rotatable bonds is 16. The van der Waals surface area contributed by atoms with E-state index in [1.807, 2.05) is 0 Å². The number of Topliss-reactive ketones (excluding diaryl/α,β-unsaturated/α-hetero) is 5. The number of carbonyl (C=O) groups excluding carboxylic acids is 9. The van der Waals surface area contributed by atoms with E-state index in [4.69, 9.17) is 0 Å². The first-order chi connectivity index (χ1) is 42.2. The molecule has 0 aromatic heterocycles. The minimum atomic E-state index is -5.10. The maximum Gasteiger partial charge on any atom is 0.417 e. The number of carbonyl (C=O) groups is 9. The fraction of sp³-hybridized carbons (Fsp3) is 0.186. The highest BCUT2D eigenvalue weighted by Crippen LogP contribution is 2.49. The number of imide groups is 2. The third-order valence-corrected chi connectivity index (χ3v) is 16.5. The van der Waals surface area contributed by atoms with Crippen molar-refractivity contribution in [2.75, 3.05) is 11.9 Å². The molecule has 0 fully saturated rings. The van der Waals surface area contributed by atoms with Crippen LogP contribution in [0.25, 0.3) is 22.3 Å². The van der Waals surface area contributed by atoms with Crippen LogP contribution in [-0.2, 0) is 37.0 Å². The van der Waals surface area contributed by atoms with Gasteiger partial charge in [-0.2, -0.15) is 39.5 Å². The molecule has 0 N–H and O–H groups in total. The summed E-state index contributed by atoms with van der Waals surface area (Å²) in [5.74, 6) is -6.12. The van der Waals surface area contributed by atoms with E-state index in [1.165, 1.54) is 113 Å². The number of hydrogen-bond donors (Lipinski definition) is 0. The number of ketones is 5. The maximum atomic E-state index is 15.2. The standard InChI is InChI=1S/C70H49F9N2O9/c1-35-23-40(26-62(86)46-30-44(37(3)82)29-45(31-46)38(4)83)11-16-50(35)52-18-12-41(24-58(52)68(71,72)73)27-61(85)43-9-7-8-42(28-43)60(84)25-39-10-17-51(36(2)22-39)53-21-15-49(34-59(53)69(74,75)76)81-65(89)55-20-14-48(33-57(55)66(81)90)67(5,70(77,78)79)47-13-19-54-56(32-47)64(88)80(6)63(54)87/h7-24,28-34H,25-27H2,1-6H3. The van der Waals surface area contributed by atoms with Crippen LogP contribution in [0.15, 0.2) is 152 Å². The van der Waals surface area contributed by atoms with E-state index in [1.54, 1.807) is 13.0 Å². The maximum absolute atomic E-state index is 15.2. The van der Waals surface area contributed by atoms with Crippen LogP contribution in [0.4, 0.5) is 45.2 Å². The van der Waals surface area contributed by atoms with E-state index >= 15 is 26.3 Å². The highest BCUT2D eigenvalue weighted by Gasteiger charge is 2.55. The van der Waals surface area contributed by atoms with Crippen molar-refractivity contribution >= 4 is 58.2 Å². The summed E-state index contributed by atoms with van der Waals surface area (Å²) < 4.78 is 135. The normalized spacial score (nSPS) is 14.0. The molecule has 0 aliphatic carbocycles. The lowest BCUT2D eigenvalue weighted by molar-refractivity contribution is -0.173. The molecule has 10 rings (SSSR count). The van der Waals surface area contributed by atoms with Gasteiger partial charge in [-0.1, -0.05) is 84.9 Å². The molecule has 1 unspecified atom stereocenters. The lowest BCUT2D eigenvalue weighted by atomic mass is 9.74. The number of hydrogen-bond acceptors (Lipinski definition) is 9. The molecule has 1 atom stereocenters. The number of benzene rings is 8. The van der Waals surface area contributed by atoms with Crippen LogP contribution in [0, 0.1) is 13.8 Å². The van der Waals surface area contributed by atoms with Crippen LogP contribution in [0.3, 0.4) is 0 Å². The Labute approximate surface area is 507 Å². The topological polar surface area (TPSA) is 160 Å². The van der Waals surface area contributed by atoms with E-state index in [9.17, 15) is 56.3 Å². The van der Waals surface area contributed by atoms with Crippen molar-refractivity contribution in [2.45, 2.75) is 77.8 Å². The van der Waals surface area contributed by atoms with Crippen molar-refractivity contribution in [1.82, 2.24) is 4.90 Å².